The van der Waals surface area contributed by atoms with Gasteiger partial charge in [-0.15, -0.1) is 0 Å². The van der Waals surface area contributed by atoms with Gasteiger partial charge in [0.1, 0.15) is 23.0 Å². The molecule has 0 saturated heterocycles. The number of aryl methyl sites for hydroxylation is 8. The van der Waals surface area contributed by atoms with Crippen LogP contribution in [-0.4, -0.2) is 76.2 Å². The number of aromatic hydroxyl groups is 4. The second-order valence-corrected chi connectivity index (χ2v) is 19.9. The van der Waals surface area contributed by atoms with Crippen LogP contribution in [0.2, 0.25) is 0 Å². The van der Waals surface area contributed by atoms with Gasteiger partial charge in [-0.1, -0.05) is 82.9 Å². The second kappa shape index (κ2) is 21.2. The molecule has 0 fully saturated rings. The summed E-state index contributed by atoms with van der Waals surface area (Å²) in [5, 5.41) is 45.9. The van der Waals surface area contributed by atoms with Crippen molar-refractivity contribution in [3.8, 4) is 23.0 Å². The van der Waals surface area contributed by atoms with E-state index in [9.17, 15) is 20.4 Å². The number of hydrogen-bond acceptors (Lipinski definition) is 10. The van der Waals surface area contributed by atoms with Crippen LogP contribution in [-0.2, 0) is 26.2 Å². The molecule has 3 heterocycles. The van der Waals surface area contributed by atoms with E-state index in [4.69, 9.17) is 9.97 Å². The average molecular weight is 919 g/mol. The van der Waals surface area contributed by atoms with Gasteiger partial charge in [-0.3, -0.25) is 29.6 Å². The minimum absolute atomic E-state index is 0.145. The first-order chi connectivity index (χ1) is 32.3. The predicted octanol–water partition coefficient (Wildman–Crippen LogP) is 11.7. The molecule has 0 aliphatic carbocycles. The number of rotatable bonds is 8. The molecular weight excluding hydrogens is 845 g/mol. The molecule has 4 N–H and O–H groups in total. The fourth-order valence-electron chi connectivity index (χ4n) is 10.3. The Hall–Kier alpha value is -5.78. The minimum atomic E-state index is -0.145. The summed E-state index contributed by atoms with van der Waals surface area (Å²) in [7, 11) is 0. The van der Waals surface area contributed by atoms with Crippen molar-refractivity contribution in [2.24, 2.45) is 0 Å². The number of fused-ring (bicyclic) bond motifs is 4. The van der Waals surface area contributed by atoms with Gasteiger partial charge in [0.15, 0.2) is 0 Å². The molecule has 6 aromatic rings. The number of pyridine rings is 2. The zero-order valence-electron chi connectivity index (χ0n) is 42.5. The van der Waals surface area contributed by atoms with Crippen LogP contribution < -0.4 is 0 Å². The quantitative estimate of drug-likeness (QED) is 0.117. The van der Waals surface area contributed by atoms with Crippen LogP contribution in [0.4, 0.5) is 0 Å². The molecule has 10 nitrogen and oxygen atoms in total. The fourth-order valence-corrected chi connectivity index (χ4v) is 10.3. The maximum Gasteiger partial charge on any atom is 0.122 e. The molecule has 4 bridgehead atoms. The SMILES string of the molecule is Cc1cc(C)c(O)c(CN2CCN(Cc3cc(C)cc(C)c3O)C(C)c3cccc(n3)C(C)N(Cc3cc(C)cc(C)c3O)CCN(Cc3cc(C)cc(C)c3O)C(C)c3cccc(n3)C2C)c1. The number of nitrogens with zero attached hydrogens (tertiary/aromatic N) is 6. The molecule has 4 unspecified atom stereocenters. The number of phenolic OH excluding ortho intramolecular Hbond substituents is 4. The standard InChI is InChI=1S/C58H74N6O4/c1-35-23-39(5)55(65)47(27-35)31-61-19-20-62(32-48-28-36(2)24-40(6)56(48)66)44(10)53-17-14-18-54(60-53)46(12)64(34-50-30-38(4)26-42(8)58(50)68)22-21-63(33-49-29-37(3)25-41(7)57(49)67)45(11)52-16-13-15-51(59-52)43(61)9/h13-18,23-30,43-46,65-68H,19-22,31-34H2,1-12H3. The summed E-state index contributed by atoms with van der Waals surface area (Å²) in [6.45, 7) is 29.5. The molecule has 1 aliphatic rings. The summed E-state index contributed by atoms with van der Waals surface area (Å²) in [4.78, 5) is 20.6. The lowest BCUT2D eigenvalue weighted by atomic mass is 10.0. The maximum atomic E-state index is 11.5. The van der Waals surface area contributed by atoms with E-state index >= 15 is 0 Å². The first kappa shape index (κ1) is 50.1. The summed E-state index contributed by atoms with van der Waals surface area (Å²) >= 11 is 0. The first-order valence-electron chi connectivity index (χ1n) is 24.3. The lowest BCUT2D eigenvalue weighted by Crippen LogP contribution is -2.39. The average Bonchev–Trinajstić information content (AvgIpc) is 3.30. The molecule has 0 spiro atoms. The van der Waals surface area contributed by atoms with Gasteiger partial charge >= 0.3 is 0 Å². The van der Waals surface area contributed by atoms with Gasteiger partial charge in [0.05, 0.1) is 22.8 Å². The van der Waals surface area contributed by atoms with E-state index in [-0.39, 0.29) is 24.2 Å². The lowest BCUT2D eigenvalue weighted by molar-refractivity contribution is 0.122. The number of phenols is 4. The highest BCUT2D eigenvalue weighted by atomic mass is 16.3. The normalized spacial score (nSPS) is 19.5. The molecule has 4 atom stereocenters. The molecule has 1 aliphatic heterocycles. The zero-order chi connectivity index (χ0) is 49.1. The van der Waals surface area contributed by atoms with Crippen LogP contribution in [0.25, 0.3) is 0 Å². The largest absolute Gasteiger partial charge is 0.507 e. The molecule has 68 heavy (non-hydrogen) atoms. The van der Waals surface area contributed by atoms with Gasteiger partial charge in [0.2, 0.25) is 0 Å². The highest BCUT2D eigenvalue weighted by molar-refractivity contribution is 5.45. The van der Waals surface area contributed by atoms with E-state index in [1.165, 1.54) is 0 Å². The monoisotopic (exact) mass is 919 g/mol. The Morgan fingerprint density at radius 2 is 0.574 bits per heavy atom. The van der Waals surface area contributed by atoms with E-state index in [0.29, 0.717) is 75.4 Å². The van der Waals surface area contributed by atoms with Gasteiger partial charge in [-0.25, -0.2) is 0 Å². The Labute approximate surface area is 405 Å². The van der Waals surface area contributed by atoms with Crippen molar-refractivity contribution in [1.29, 1.82) is 0 Å². The Morgan fingerprint density at radius 3 is 0.779 bits per heavy atom. The number of benzene rings is 4. The Kier molecular flexibility index (Phi) is 15.7. The van der Waals surface area contributed by atoms with Crippen molar-refractivity contribution < 1.29 is 20.4 Å². The summed E-state index contributed by atoms with van der Waals surface area (Å²) < 4.78 is 0. The summed E-state index contributed by atoms with van der Waals surface area (Å²) in [5.74, 6) is 1.24. The van der Waals surface area contributed by atoms with Crippen LogP contribution in [0.15, 0.2) is 84.9 Å². The van der Waals surface area contributed by atoms with E-state index in [1.54, 1.807) is 0 Å². The highest BCUT2D eigenvalue weighted by Gasteiger charge is 2.29. The molecule has 2 aromatic heterocycles. The Morgan fingerprint density at radius 1 is 0.368 bits per heavy atom. The predicted molar refractivity (Wildman–Crippen MR) is 274 cm³/mol. The first-order valence-corrected chi connectivity index (χ1v) is 24.3. The highest BCUT2D eigenvalue weighted by Crippen LogP contribution is 2.35. The zero-order valence-corrected chi connectivity index (χ0v) is 42.5. The van der Waals surface area contributed by atoms with Crippen molar-refractivity contribution in [2.45, 2.75) is 133 Å². The van der Waals surface area contributed by atoms with E-state index in [0.717, 1.165) is 89.5 Å². The fraction of sp³-hybridized carbons (Fsp3) is 0.414. The van der Waals surface area contributed by atoms with Crippen molar-refractivity contribution >= 4 is 0 Å². The molecule has 4 aromatic carbocycles. The van der Waals surface area contributed by atoms with Gasteiger partial charge in [0, 0.05) is 98.8 Å². The van der Waals surface area contributed by atoms with Crippen LogP contribution in [0, 0.1) is 55.4 Å². The van der Waals surface area contributed by atoms with Gasteiger partial charge < -0.3 is 20.4 Å². The third-order valence-electron chi connectivity index (χ3n) is 14.4. The maximum absolute atomic E-state index is 11.5. The lowest BCUT2D eigenvalue weighted by Gasteiger charge is -2.37. The van der Waals surface area contributed by atoms with Gasteiger partial charge in [0.25, 0.3) is 0 Å². The van der Waals surface area contributed by atoms with Crippen LogP contribution in [0.3, 0.4) is 0 Å². The molecular formula is C58H74N6O4. The van der Waals surface area contributed by atoms with Crippen molar-refractivity contribution in [3.63, 3.8) is 0 Å². The van der Waals surface area contributed by atoms with E-state index in [2.05, 4.69) is 136 Å². The van der Waals surface area contributed by atoms with Crippen LogP contribution in [0.5, 0.6) is 23.0 Å². The van der Waals surface area contributed by atoms with Gasteiger partial charge in [-0.2, -0.15) is 0 Å². The third-order valence-corrected chi connectivity index (χ3v) is 14.4. The van der Waals surface area contributed by atoms with Crippen molar-refractivity contribution in [1.82, 2.24) is 29.6 Å². The van der Waals surface area contributed by atoms with Crippen LogP contribution in [0.1, 0.15) is 141 Å². The third kappa shape index (κ3) is 11.4. The topological polar surface area (TPSA) is 120 Å². The van der Waals surface area contributed by atoms with Gasteiger partial charge in [-0.05, 0) is 130 Å². The minimum Gasteiger partial charge on any atom is -0.507 e. The number of hydrogen-bond donors (Lipinski definition) is 4. The Bertz CT molecular complexity index is 2390. The van der Waals surface area contributed by atoms with Crippen molar-refractivity contribution in [3.05, 3.63) is 174 Å². The van der Waals surface area contributed by atoms with E-state index < -0.39 is 0 Å². The molecule has 0 saturated carbocycles. The second-order valence-electron chi connectivity index (χ2n) is 19.9. The van der Waals surface area contributed by atoms with Crippen LogP contribution >= 0.6 is 0 Å². The smallest absolute Gasteiger partial charge is 0.122 e. The summed E-state index contributed by atoms with van der Waals surface area (Å²) in [6.07, 6.45) is 0. The molecule has 10 heteroatoms. The summed E-state index contributed by atoms with van der Waals surface area (Å²) in [5.41, 5.74) is 15.0. The number of aromatic nitrogens is 2. The molecule has 7 rings (SSSR count). The Balaban J connectivity index is 1.38. The molecule has 360 valence electrons. The molecule has 0 radical (unpaired) electrons. The summed E-state index contributed by atoms with van der Waals surface area (Å²) in [6, 6.07) is 28.5. The van der Waals surface area contributed by atoms with E-state index in [1.807, 2.05) is 52.0 Å². The van der Waals surface area contributed by atoms with Crippen molar-refractivity contribution in [2.75, 3.05) is 26.2 Å². The molecule has 0 amide bonds.